The number of hydrogen-bond acceptors (Lipinski definition) is 6. The van der Waals surface area contributed by atoms with Crippen molar-refractivity contribution in [2.75, 3.05) is 31.7 Å². The molecule has 2 aromatic rings. The van der Waals surface area contributed by atoms with Crippen LogP contribution in [-0.2, 0) is 16.4 Å². The number of halogens is 1. The van der Waals surface area contributed by atoms with Crippen LogP contribution in [0.1, 0.15) is 11.1 Å². The van der Waals surface area contributed by atoms with Crippen LogP contribution >= 0.6 is 24.0 Å². The Balaban J connectivity index is 0.00000450. The molecule has 0 amide bonds. The molecule has 9 nitrogen and oxygen atoms in total. The third kappa shape index (κ3) is 7.78. The molecule has 0 aliphatic rings. The van der Waals surface area contributed by atoms with Crippen LogP contribution in [-0.4, -0.2) is 45.7 Å². The number of aryl methyl sites for hydroxylation is 1. The van der Waals surface area contributed by atoms with E-state index in [4.69, 9.17) is 0 Å². The number of nitro groups is 1. The van der Waals surface area contributed by atoms with Crippen molar-refractivity contribution in [3.8, 4) is 0 Å². The molecule has 2 rings (SSSR count). The molecule has 0 aliphatic carbocycles. The molecule has 0 unspecified atom stereocenters. The maximum atomic E-state index is 11.6. The molecule has 3 N–H and O–H groups in total. The summed E-state index contributed by atoms with van der Waals surface area (Å²) in [5.74, 6) is 0.606. The monoisotopic (exact) mass is 547 g/mol. The second kappa shape index (κ2) is 11.7. The van der Waals surface area contributed by atoms with Gasteiger partial charge in [0.15, 0.2) is 15.8 Å². The lowest BCUT2D eigenvalue weighted by molar-refractivity contribution is -0.384. The van der Waals surface area contributed by atoms with E-state index in [0.29, 0.717) is 25.6 Å². The Bertz CT molecular complexity index is 994. The summed E-state index contributed by atoms with van der Waals surface area (Å²) < 4.78 is 23.2. The van der Waals surface area contributed by atoms with Gasteiger partial charge >= 0.3 is 0 Å². The van der Waals surface area contributed by atoms with Crippen LogP contribution < -0.4 is 16.0 Å². The van der Waals surface area contributed by atoms with Gasteiger partial charge < -0.3 is 16.0 Å². The normalized spacial score (nSPS) is 11.4. The minimum atomic E-state index is -3.52. The summed E-state index contributed by atoms with van der Waals surface area (Å²) in [4.78, 5) is 14.7. The molecule has 0 radical (unpaired) electrons. The van der Waals surface area contributed by atoms with Crippen LogP contribution in [0.15, 0.2) is 52.4 Å². The Morgan fingerprint density at radius 3 is 2.33 bits per heavy atom. The molecule has 30 heavy (non-hydrogen) atoms. The lowest BCUT2D eigenvalue weighted by Crippen LogP contribution is -2.39. The van der Waals surface area contributed by atoms with Crippen LogP contribution in [0, 0.1) is 17.0 Å². The number of nitrogens with one attached hydrogen (secondary N) is 3. The first kappa shape index (κ1) is 25.6. The minimum absolute atomic E-state index is 0. The molecule has 0 bridgehead atoms. The van der Waals surface area contributed by atoms with Gasteiger partial charge in [0.25, 0.3) is 5.69 Å². The van der Waals surface area contributed by atoms with Crippen molar-refractivity contribution in [2.24, 2.45) is 4.99 Å². The summed E-state index contributed by atoms with van der Waals surface area (Å²) in [5, 5.41) is 20.5. The fraction of sp³-hybridized carbons (Fsp3) is 0.316. The van der Waals surface area contributed by atoms with Gasteiger partial charge in [-0.3, -0.25) is 15.1 Å². The van der Waals surface area contributed by atoms with E-state index in [9.17, 15) is 18.5 Å². The molecule has 0 atom stereocenters. The van der Waals surface area contributed by atoms with E-state index in [2.05, 4.69) is 20.9 Å². The summed E-state index contributed by atoms with van der Waals surface area (Å²) in [6, 6.07) is 12.0. The highest BCUT2D eigenvalue weighted by Crippen LogP contribution is 2.27. The van der Waals surface area contributed by atoms with E-state index < -0.39 is 14.8 Å². The molecular formula is C19H26IN5O4S. The molecule has 0 aliphatic heterocycles. The van der Waals surface area contributed by atoms with E-state index >= 15 is 0 Å². The largest absolute Gasteiger partial charge is 0.378 e. The van der Waals surface area contributed by atoms with Crippen LogP contribution in [0.4, 0.5) is 11.4 Å². The zero-order chi connectivity index (χ0) is 21.4. The molecular weight excluding hydrogens is 521 g/mol. The topological polar surface area (TPSA) is 126 Å². The maximum Gasteiger partial charge on any atom is 0.293 e. The standard InChI is InChI=1S/C19H25N5O4S.HI/c1-14-4-6-15(7-5-14)13-23-19(20-2)22-11-10-21-17-9-8-16(29(3,27)28)12-18(17)24(25)26;/h4-9,12,21H,10-11,13H2,1-3H3,(H2,20,22,23);1H. The number of aliphatic imine (C=N–C) groups is 1. The van der Waals surface area contributed by atoms with Crippen LogP contribution in [0.25, 0.3) is 0 Å². The molecule has 0 fully saturated rings. The third-order valence-corrected chi connectivity index (χ3v) is 5.24. The average molecular weight is 547 g/mol. The van der Waals surface area contributed by atoms with Crippen molar-refractivity contribution < 1.29 is 13.3 Å². The van der Waals surface area contributed by atoms with Gasteiger partial charge in [0.2, 0.25) is 0 Å². The number of nitro benzene ring substituents is 1. The Hall–Kier alpha value is -2.41. The number of sulfone groups is 1. The highest BCUT2D eigenvalue weighted by molar-refractivity contribution is 14.0. The van der Waals surface area contributed by atoms with E-state index in [1.807, 2.05) is 31.2 Å². The molecule has 164 valence electrons. The average Bonchev–Trinajstić information content (AvgIpc) is 2.67. The fourth-order valence-electron chi connectivity index (χ4n) is 2.53. The Labute approximate surface area is 193 Å². The van der Waals surface area contributed by atoms with Gasteiger partial charge in [0.05, 0.1) is 9.82 Å². The Kier molecular flexibility index (Phi) is 9.99. The molecule has 0 aromatic heterocycles. The fourth-order valence-corrected chi connectivity index (χ4v) is 3.17. The first-order valence-corrected chi connectivity index (χ1v) is 10.8. The molecule has 0 saturated carbocycles. The summed E-state index contributed by atoms with van der Waals surface area (Å²) in [6.45, 7) is 3.48. The van der Waals surface area contributed by atoms with E-state index in [-0.39, 0.29) is 40.2 Å². The lowest BCUT2D eigenvalue weighted by Gasteiger charge is -2.13. The predicted molar refractivity (Wildman–Crippen MR) is 129 cm³/mol. The lowest BCUT2D eigenvalue weighted by atomic mass is 10.1. The highest BCUT2D eigenvalue weighted by atomic mass is 127. The van der Waals surface area contributed by atoms with Crippen molar-refractivity contribution in [2.45, 2.75) is 18.4 Å². The first-order valence-electron chi connectivity index (χ1n) is 8.93. The first-order chi connectivity index (χ1) is 13.7. The van der Waals surface area contributed by atoms with Gasteiger partial charge in [-0.2, -0.15) is 0 Å². The third-order valence-electron chi connectivity index (χ3n) is 4.13. The summed E-state index contributed by atoms with van der Waals surface area (Å²) >= 11 is 0. The number of hydrogen-bond donors (Lipinski definition) is 3. The maximum absolute atomic E-state index is 11.6. The van der Waals surface area contributed by atoms with E-state index in [1.165, 1.54) is 17.7 Å². The van der Waals surface area contributed by atoms with Gasteiger partial charge in [-0.05, 0) is 24.6 Å². The molecule has 0 saturated heterocycles. The Morgan fingerprint density at radius 1 is 1.10 bits per heavy atom. The Morgan fingerprint density at radius 2 is 1.77 bits per heavy atom. The highest BCUT2D eigenvalue weighted by Gasteiger charge is 2.18. The number of rotatable bonds is 8. The van der Waals surface area contributed by atoms with Gasteiger partial charge in [-0.25, -0.2) is 8.42 Å². The van der Waals surface area contributed by atoms with Crippen molar-refractivity contribution in [3.63, 3.8) is 0 Å². The van der Waals surface area contributed by atoms with Gasteiger partial charge in [0, 0.05) is 39.0 Å². The second-order valence-electron chi connectivity index (χ2n) is 6.47. The molecule has 11 heteroatoms. The van der Waals surface area contributed by atoms with E-state index in [1.54, 1.807) is 7.05 Å². The molecule has 2 aromatic carbocycles. The van der Waals surface area contributed by atoms with Crippen LogP contribution in [0.3, 0.4) is 0 Å². The number of benzene rings is 2. The summed E-state index contributed by atoms with van der Waals surface area (Å²) in [6.07, 6.45) is 1.01. The number of nitrogens with zero attached hydrogens (tertiary/aromatic N) is 2. The minimum Gasteiger partial charge on any atom is -0.378 e. The second-order valence-corrected chi connectivity index (χ2v) is 8.49. The van der Waals surface area contributed by atoms with Crippen molar-refractivity contribution in [1.82, 2.24) is 10.6 Å². The molecule has 0 spiro atoms. The molecule has 0 heterocycles. The summed E-state index contributed by atoms with van der Waals surface area (Å²) in [5.41, 5.74) is 2.29. The summed E-state index contributed by atoms with van der Waals surface area (Å²) in [7, 11) is -1.86. The zero-order valence-electron chi connectivity index (χ0n) is 17.0. The number of anilines is 1. The quantitative estimate of drug-likeness (QED) is 0.116. The van der Waals surface area contributed by atoms with Crippen LogP contribution in [0.5, 0.6) is 0 Å². The van der Waals surface area contributed by atoms with Gasteiger partial charge in [-0.15, -0.1) is 24.0 Å². The van der Waals surface area contributed by atoms with Crippen molar-refractivity contribution >= 4 is 51.1 Å². The number of guanidine groups is 1. The predicted octanol–water partition coefficient (Wildman–Crippen LogP) is 2.70. The van der Waals surface area contributed by atoms with Gasteiger partial charge in [-0.1, -0.05) is 29.8 Å². The van der Waals surface area contributed by atoms with Crippen molar-refractivity contribution in [1.29, 1.82) is 0 Å². The van der Waals surface area contributed by atoms with Crippen molar-refractivity contribution in [3.05, 3.63) is 63.7 Å². The SMILES string of the molecule is CN=C(NCCNc1ccc(S(C)(=O)=O)cc1[N+](=O)[O-])NCc1ccc(C)cc1.I. The zero-order valence-corrected chi connectivity index (χ0v) is 20.2. The van der Waals surface area contributed by atoms with Gasteiger partial charge in [0.1, 0.15) is 5.69 Å². The van der Waals surface area contributed by atoms with E-state index in [0.717, 1.165) is 17.9 Å². The van der Waals surface area contributed by atoms with Crippen LogP contribution in [0.2, 0.25) is 0 Å². The smallest absolute Gasteiger partial charge is 0.293 e.